The number of esters is 1. The molecule has 0 saturated heterocycles. The molecule has 1 rings (SSSR count). The number of benzene rings is 1. The molecule has 0 aliphatic rings. The lowest BCUT2D eigenvalue weighted by Crippen LogP contribution is -2.29. The van der Waals surface area contributed by atoms with E-state index in [-0.39, 0.29) is 0 Å². The minimum absolute atomic E-state index is 0.301. The first-order valence-corrected chi connectivity index (χ1v) is 4.36. The fourth-order valence-corrected chi connectivity index (χ4v) is 1.20. The normalized spacial score (nSPS) is 14.3. The summed E-state index contributed by atoms with van der Waals surface area (Å²) < 4.78 is 4.30. The molecule has 0 spiro atoms. The van der Waals surface area contributed by atoms with Crippen LogP contribution in [0.1, 0.15) is 11.7 Å². The average molecular weight is 211 g/mol. The molecule has 0 saturated carbocycles. The van der Waals surface area contributed by atoms with Crippen molar-refractivity contribution in [2.75, 3.05) is 12.8 Å². The molecule has 0 heterocycles. The van der Waals surface area contributed by atoms with Crippen molar-refractivity contribution in [3.8, 4) is 0 Å². The minimum atomic E-state index is -1.63. The number of methoxy groups -OCH3 is 1. The predicted molar refractivity (Wildman–Crippen MR) is 53.8 cm³/mol. The Hall–Kier alpha value is -1.59. The third-order valence-electron chi connectivity index (χ3n) is 2.06. The van der Waals surface area contributed by atoms with Crippen molar-refractivity contribution in [1.29, 1.82) is 0 Å². The van der Waals surface area contributed by atoms with Gasteiger partial charge in [0.2, 0.25) is 0 Å². The molecular weight excluding hydrogens is 198 g/mol. The summed E-state index contributed by atoms with van der Waals surface area (Å²) in [5, 5.41) is 19.0. The first-order valence-electron chi connectivity index (χ1n) is 4.36. The van der Waals surface area contributed by atoms with Crippen LogP contribution in [0.2, 0.25) is 0 Å². The predicted octanol–water partition coefficient (Wildman–Crippen LogP) is -0.164. The fraction of sp³-hybridized carbons (Fsp3) is 0.300. The van der Waals surface area contributed by atoms with Crippen molar-refractivity contribution in [2.24, 2.45) is 0 Å². The topological polar surface area (TPSA) is 92.8 Å². The van der Waals surface area contributed by atoms with Gasteiger partial charge in [-0.15, -0.1) is 0 Å². The van der Waals surface area contributed by atoms with Gasteiger partial charge in [-0.05, 0) is 6.07 Å². The molecule has 82 valence electrons. The lowest BCUT2D eigenvalue weighted by molar-refractivity contribution is -0.156. The van der Waals surface area contributed by atoms with Crippen LogP contribution in [0.15, 0.2) is 24.3 Å². The highest BCUT2D eigenvalue weighted by molar-refractivity contribution is 5.75. The number of hydrogen-bond acceptors (Lipinski definition) is 5. The molecule has 0 aliphatic heterocycles. The number of rotatable bonds is 3. The Morgan fingerprint density at radius 1 is 1.40 bits per heavy atom. The van der Waals surface area contributed by atoms with Crippen molar-refractivity contribution < 1.29 is 19.7 Å². The summed E-state index contributed by atoms with van der Waals surface area (Å²) in [6.45, 7) is 0. The zero-order valence-electron chi connectivity index (χ0n) is 8.25. The number of nitrogen functional groups attached to an aromatic ring is 1. The second-order valence-electron chi connectivity index (χ2n) is 3.04. The third-order valence-corrected chi connectivity index (χ3v) is 2.06. The summed E-state index contributed by atoms with van der Waals surface area (Å²) in [5.74, 6) is -0.897. The molecule has 0 amide bonds. The van der Waals surface area contributed by atoms with E-state index in [9.17, 15) is 15.0 Å². The van der Waals surface area contributed by atoms with E-state index in [0.29, 0.717) is 11.3 Å². The molecule has 0 aromatic heterocycles. The molecule has 15 heavy (non-hydrogen) atoms. The van der Waals surface area contributed by atoms with Gasteiger partial charge in [0.25, 0.3) is 0 Å². The first-order chi connectivity index (χ1) is 7.07. The Bertz CT molecular complexity index is 353. The van der Waals surface area contributed by atoms with E-state index in [2.05, 4.69) is 4.74 Å². The van der Waals surface area contributed by atoms with Gasteiger partial charge in [-0.1, -0.05) is 18.2 Å². The lowest BCUT2D eigenvalue weighted by atomic mass is 10.0. The van der Waals surface area contributed by atoms with E-state index in [0.717, 1.165) is 7.11 Å². The van der Waals surface area contributed by atoms with Crippen LogP contribution in [-0.2, 0) is 9.53 Å². The van der Waals surface area contributed by atoms with Crippen molar-refractivity contribution in [3.05, 3.63) is 29.8 Å². The average Bonchev–Trinajstić information content (AvgIpc) is 2.26. The Morgan fingerprint density at radius 3 is 2.53 bits per heavy atom. The van der Waals surface area contributed by atoms with Crippen molar-refractivity contribution >= 4 is 11.7 Å². The van der Waals surface area contributed by atoms with Crippen LogP contribution < -0.4 is 5.73 Å². The number of nitrogens with two attached hydrogens (primary N) is 1. The SMILES string of the molecule is COC(=O)C(O)C(O)c1ccccc1N. The van der Waals surface area contributed by atoms with E-state index in [1.54, 1.807) is 18.2 Å². The fourth-order valence-electron chi connectivity index (χ4n) is 1.20. The smallest absolute Gasteiger partial charge is 0.337 e. The third kappa shape index (κ3) is 2.45. The number of aliphatic hydroxyl groups excluding tert-OH is 2. The number of carbonyl (C=O) groups excluding carboxylic acids is 1. The van der Waals surface area contributed by atoms with Gasteiger partial charge >= 0.3 is 5.97 Å². The molecule has 2 unspecified atom stereocenters. The van der Waals surface area contributed by atoms with Crippen LogP contribution in [0.5, 0.6) is 0 Å². The van der Waals surface area contributed by atoms with Crippen molar-refractivity contribution in [1.82, 2.24) is 0 Å². The number of ether oxygens (including phenoxy) is 1. The molecule has 4 N–H and O–H groups in total. The molecule has 5 heteroatoms. The van der Waals surface area contributed by atoms with Crippen LogP contribution in [0, 0.1) is 0 Å². The molecule has 1 aromatic carbocycles. The summed E-state index contributed by atoms with van der Waals surface area (Å²) >= 11 is 0. The zero-order valence-corrected chi connectivity index (χ0v) is 8.25. The van der Waals surface area contributed by atoms with Crippen LogP contribution in [0.4, 0.5) is 5.69 Å². The summed E-state index contributed by atoms with van der Waals surface area (Å²) in [6, 6.07) is 6.45. The van der Waals surface area contributed by atoms with Gasteiger partial charge in [-0.25, -0.2) is 4.79 Å². The summed E-state index contributed by atoms with van der Waals surface area (Å²) in [5.41, 5.74) is 6.19. The number of para-hydroxylation sites is 1. The van der Waals surface area contributed by atoms with E-state index >= 15 is 0 Å². The number of aliphatic hydroxyl groups is 2. The molecule has 0 radical (unpaired) electrons. The molecule has 5 nitrogen and oxygen atoms in total. The highest BCUT2D eigenvalue weighted by Gasteiger charge is 2.27. The number of carbonyl (C=O) groups is 1. The van der Waals surface area contributed by atoms with E-state index in [4.69, 9.17) is 5.73 Å². The highest BCUT2D eigenvalue weighted by atomic mass is 16.5. The molecule has 0 fully saturated rings. The Balaban J connectivity index is 2.89. The molecule has 2 atom stereocenters. The Morgan fingerprint density at radius 2 is 2.00 bits per heavy atom. The first kappa shape index (κ1) is 11.5. The van der Waals surface area contributed by atoms with Gasteiger partial charge in [-0.3, -0.25) is 0 Å². The quantitative estimate of drug-likeness (QED) is 0.477. The largest absolute Gasteiger partial charge is 0.467 e. The monoisotopic (exact) mass is 211 g/mol. The summed E-state index contributed by atoms with van der Waals surface area (Å²) in [6.07, 6.45) is -3.00. The van der Waals surface area contributed by atoms with Gasteiger partial charge < -0.3 is 20.7 Å². The number of anilines is 1. The van der Waals surface area contributed by atoms with Crippen molar-refractivity contribution in [3.63, 3.8) is 0 Å². The maximum atomic E-state index is 11.0. The summed E-state index contributed by atoms with van der Waals surface area (Å²) in [7, 11) is 1.13. The standard InChI is InChI=1S/C10H13NO4/c1-15-10(14)9(13)8(12)6-4-2-3-5-7(6)11/h2-5,8-9,12-13H,11H2,1H3. The van der Waals surface area contributed by atoms with E-state index in [1.165, 1.54) is 6.07 Å². The number of hydrogen-bond donors (Lipinski definition) is 3. The Kier molecular flexibility index (Phi) is 3.65. The van der Waals surface area contributed by atoms with Gasteiger partial charge in [0, 0.05) is 11.3 Å². The minimum Gasteiger partial charge on any atom is -0.467 e. The van der Waals surface area contributed by atoms with E-state index < -0.39 is 18.2 Å². The highest BCUT2D eigenvalue weighted by Crippen LogP contribution is 2.23. The summed E-state index contributed by atoms with van der Waals surface area (Å²) in [4.78, 5) is 11.0. The Labute approximate surface area is 87.1 Å². The molecular formula is C10H13NO4. The van der Waals surface area contributed by atoms with E-state index in [1.807, 2.05) is 0 Å². The van der Waals surface area contributed by atoms with Gasteiger partial charge in [0.1, 0.15) is 6.10 Å². The molecule has 1 aromatic rings. The van der Waals surface area contributed by atoms with Gasteiger partial charge in [0.05, 0.1) is 7.11 Å². The maximum absolute atomic E-state index is 11.0. The second-order valence-corrected chi connectivity index (χ2v) is 3.04. The van der Waals surface area contributed by atoms with Gasteiger partial charge in [-0.2, -0.15) is 0 Å². The molecule has 0 bridgehead atoms. The maximum Gasteiger partial charge on any atom is 0.337 e. The van der Waals surface area contributed by atoms with Crippen LogP contribution in [0.3, 0.4) is 0 Å². The van der Waals surface area contributed by atoms with Gasteiger partial charge in [0.15, 0.2) is 6.10 Å². The van der Waals surface area contributed by atoms with Crippen LogP contribution in [-0.4, -0.2) is 29.4 Å². The molecule has 0 aliphatic carbocycles. The lowest BCUT2D eigenvalue weighted by Gasteiger charge is -2.17. The zero-order chi connectivity index (χ0) is 11.4. The van der Waals surface area contributed by atoms with Crippen molar-refractivity contribution in [2.45, 2.75) is 12.2 Å². The van der Waals surface area contributed by atoms with Crippen LogP contribution >= 0.6 is 0 Å². The second kappa shape index (κ2) is 4.77. The van der Waals surface area contributed by atoms with Crippen LogP contribution in [0.25, 0.3) is 0 Å².